The molecule has 2 amide bonds. The van der Waals surface area contributed by atoms with E-state index in [4.69, 9.17) is 0 Å². The van der Waals surface area contributed by atoms with E-state index in [1.807, 2.05) is 75.6 Å². The molecule has 7 nitrogen and oxygen atoms in total. The standard InChI is InChI=1S/C24H23N5O2S/c1-16-9-10-20(17(2)11-16)26-22(30)15-32-24-27-21(12-18-13-25-28(3)14-18)23(31)29(24)19-7-5-4-6-8-19/h4-14H,15H2,1-3H3,(H,26,30)/b21-12+. The molecule has 2 aromatic carbocycles. The topological polar surface area (TPSA) is 79.6 Å². The number of carbonyl (C=O) groups is 2. The average molecular weight is 446 g/mol. The van der Waals surface area contributed by atoms with Crippen molar-refractivity contribution in [2.24, 2.45) is 12.0 Å². The van der Waals surface area contributed by atoms with Gasteiger partial charge in [-0.05, 0) is 43.7 Å². The molecule has 0 aliphatic carbocycles. The highest BCUT2D eigenvalue weighted by molar-refractivity contribution is 8.14. The van der Waals surface area contributed by atoms with Crippen LogP contribution in [0.1, 0.15) is 16.7 Å². The van der Waals surface area contributed by atoms with E-state index in [1.165, 1.54) is 16.7 Å². The Kier molecular flexibility index (Phi) is 6.23. The number of para-hydroxylation sites is 1. The molecule has 1 aromatic heterocycles. The summed E-state index contributed by atoms with van der Waals surface area (Å²) in [5.41, 5.74) is 4.71. The van der Waals surface area contributed by atoms with Crippen LogP contribution in [0.3, 0.4) is 0 Å². The van der Waals surface area contributed by atoms with Gasteiger partial charge in [-0.1, -0.05) is 47.7 Å². The van der Waals surface area contributed by atoms with Crippen molar-refractivity contribution in [1.82, 2.24) is 9.78 Å². The van der Waals surface area contributed by atoms with Gasteiger partial charge in [0.05, 0.1) is 17.6 Å². The number of hydrogen-bond acceptors (Lipinski definition) is 5. The van der Waals surface area contributed by atoms with Crippen LogP contribution in [-0.4, -0.2) is 32.5 Å². The Morgan fingerprint density at radius 1 is 1.16 bits per heavy atom. The second-order valence-electron chi connectivity index (χ2n) is 7.50. The number of hydrogen-bond donors (Lipinski definition) is 1. The lowest BCUT2D eigenvalue weighted by atomic mass is 10.1. The van der Waals surface area contributed by atoms with Gasteiger partial charge in [0.2, 0.25) is 5.91 Å². The minimum Gasteiger partial charge on any atom is -0.325 e. The van der Waals surface area contributed by atoms with E-state index in [0.717, 1.165) is 22.4 Å². The molecule has 162 valence electrons. The summed E-state index contributed by atoms with van der Waals surface area (Å²) >= 11 is 1.23. The second-order valence-corrected chi connectivity index (χ2v) is 8.45. The Labute approximate surface area is 190 Å². The Bertz CT molecular complexity index is 1230. The molecule has 0 atom stereocenters. The molecular formula is C24H23N5O2S. The molecule has 3 aromatic rings. The van der Waals surface area contributed by atoms with E-state index in [9.17, 15) is 9.59 Å². The number of anilines is 2. The molecule has 0 radical (unpaired) electrons. The van der Waals surface area contributed by atoms with Crippen molar-refractivity contribution >= 4 is 46.2 Å². The summed E-state index contributed by atoms with van der Waals surface area (Å²) in [6.45, 7) is 3.97. The van der Waals surface area contributed by atoms with E-state index in [1.54, 1.807) is 17.0 Å². The smallest absolute Gasteiger partial charge is 0.283 e. The second kappa shape index (κ2) is 9.23. The number of carbonyl (C=O) groups excluding carboxylic acids is 2. The zero-order chi connectivity index (χ0) is 22.7. The van der Waals surface area contributed by atoms with Crippen molar-refractivity contribution < 1.29 is 9.59 Å². The molecule has 1 N–H and O–H groups in total. The molecule has 2 heterocycles. The molecule has 1 aliphatic rings. The molecule has 0 saturated carbocycles. The molecule has 4 rings (SSSR count). The van der Waals surface area contributed by atoms with E-state index in [-0.39, 0.29) is 17.6 Å². The van der Waals surface area contributed by atoms with Gasteiger partial charge in [-0.25, -0.2) is 4.99 Å². The van der Waals surface area contributed by atoms with Gasteiger partial charge in [0.15, 0.2) is 5.17 Å². The molecule has 0 spiro atoms. The van der Waals surface area contributed by atoms with Crippen LogP contribution in [0.15, 0.2) is 71.6 Å². The molecule has 32 heavy (non-hydrogen) atoms. The molecule has 0 bridgehead atoms. The van der Waals surface area contributed by atoms with Crippen LogP contribution in [0.2, 0.25) is 0 Å². The van der Waals surface area contributed by atoms with E-state index in [0.29, 0.717) is 16.6 Å². The molecule has 1 aliphatic heterocycles. The lowest BCUT2D eigenvalue weighted by molar-refractivity contribution is -0.114. The number of aromatic nitrogens is 2. The van der Waals surface area contributed by atoms with Crippen LogP contribution in [0.4, 0.5) is 11.4 Å². The zero-order valence-electron chi connectivity index (χ0n) is 18.1. The first-order chi connectivity index (χ1) is 15.4. The molecule has 0 unspecified atom stereocenters. The van der Waals surface area contributed by atoms with Gasteiger partial charge in [0.25, 0.3) is 5.91 Å². The molecule has 0 fully saturated rings. The Hall–Kier alpha value is -3.65. The maximum atomic E-state index is 13.1. The normalized spacial score (nSPS) is 14.7. The minimum atomic E-state index is -0.239. The van der Waals surface area contributed by atoms with Crippen molar-refractivity contribution in [3.63, 3.8) is 0 Å². The maximum absolute atomic E-state index is 13.1. The third-order valence-corrected chi connectivity index (χ3v) is 5.80. The number of aryl methyl sites for hydroxylation is 3. The third-order valence-electron chi connectivity index (χ3n) is 4.86. The fraction of sp³-hybridized carbons (Fsp3) is 0.167. The van der Waals surface area contributed by atoms with Gasteiger partial charge in [-0.15, -0.1) is 0 Å². The van der Waals surface area contributed by atoms with Crippen LogP contribution in [-0.2, 0) is 16.6 Å². The average Bonchev–Trinajstić information content (AvgIpc) is 3.32. The summed E-state index contributed by atoms with van der Waals surface area (Å²) in [6.07, 6.45) is 5.19. The number of amides is 2. The summed E-state index contributed by atoms with van der Waals surface area (Å²) in [5.74, 6) is -0.268. The first-order valence-corrected chi connectivity index (χ1v) is 11.1. The molecule has 8 heteroatoms. The maximum Gasteiger partial charge on any atom is 0.283 e. The van der Waals surface area contributed by atoms with Crippen molar-refractivity contribution in [1.29, 1.82) is 0 Å². The van der Waals surface area contributed by atoms with Crippen LogP contribution in [0, 0.1) is 13.8 Å². The quantitative estimate of drug-likeness (QED) is 0.599. The minimum absolute atomic E-state index is 0.128. The highest BCUT2D eigenvalue weighted by Gasteiger charge is 2.32. The first kappa shape index (κ1) is 21.6. The first-order valence-electron chi connectivity index (χ1n) is 10.1. The summed E-state index contributed by atoms with van der Waals surface area (Å²) in [7, 11) is 1.81. The number of rotatable bonds is 5. The van der Waals surface area contributed by atoms with Gasteiger partial charge in [-0.3, -0.25) is 19.2 Å². The fourth-order valence-corrected chi connectivity index (χ4v) is 4.15. The van der Waals surface area contributed by atoms with Gasteiger partial charge < -0.3 is 5.32 Å². The van der Waals surface area contributed by atoms with Crippen molar-refractivity contribution in [3.8, 4) is 0 Å². The summed E-state index contributed by atoms with van der Waals surface area (Å²) in [5, 5.41) is 7.53. The van der Waals surface area contributed by atoms with Gasteiger partial charge >= 0.3 is 0 Å². The van der Waals surface area contributed by atoms with E-state index in [2.05, 4.69) is 15.4 Å². The monoisotopic (exact) mass is 445 g/mol. The van der Waals surface area contributed by atoms with Gasteiger partial charge in [0, 0.05) is 24.5 Å². The highest BCUT2D eigenvalue weighted by Crippen LogP contribution is 2.29. The van der Waals surface area contributed by atoms with Gasteiger partial charge in [0.1, 0.15) is 5.70 Å². The van der Waals surface area contributed by atoms with Crippen molar-refractivity contribution in [2.45, 2.75) is 13.8 Å². The summed E-state index contributed by atoms with van der Waals surface area (Å²) in [6, 6.07) is 15.2. The molecule has 0 saturated heterocycles. The zero-order valence-corrected chi connectivity index (χ0v) is 18.9. The molecular weight excluding hydrogens is 422 g/mol. The Balaban J connectivity index is 1.54. The lowest BCUT2D eigenvalue weighted by Gasteiger charge is -2.17. The van der Waals surface area contributed by atoms with Crippen molar-refractivity contribution in [3.05, 3.63) is 83.3 Å². The number of amidine groups is 1. The lowest BCUT2D eigenvalue weighted by Crippen LogP contribution is -2.31. The van der Waals surface area contributed by atoms with E-state index >= 15 is 0 Å². The number of aliphatic imine (C=N–C) groups is 1. The Morgan fingerprint density at radius 2 is 1.94 bits per heavy atom. The number of thioether (sulfide) groups is 1. The summed E-state index contributed by atoms with van der Waals surface area (Å²) < 4.78 is 1.66. The van der Waals surface area contributed by atoms with Crippen LogP contribution < -0.4 is 10.2 Å². The van der Waals surface area contributed by atoms with Crippen LogP contribution in [0.5, 0.6) is 0 Å². The van der Waals surface area contributed by atoms with Crippen LogP contribution in [0.25, 0.3) is 6.08 Å². The summed E-state index contributed by atoms with van der Waals surface area (Å²) in [4.78, 5) is 31.8. The predicted molar refractivity (Wildman–Crippen MR) is 130 cm³/mol. The predicted octanol–water partition coefficient (Wildman–Crippen LogP) is 4.15. The van der Waals surface area contributed by atoms with Gasteiger partial charge in [-0.2, -0.15) is 5.10 Å². The largest absolute Gasteiger partial charge is 0.325 e. The Morgan fingerprint density at radius 3 is 2.62 bits per heavy atom. The SMILES string of the molecule is Cc1ccc(NC(=O)CSC2=N/C(=C/c3cnn(C)c3)C(=O)N2c2ccccc2)c(C)c1. The number of nitrogens with one attached hydrogen (secondary N) is 1. The van der Waals surface area contributed by atoms with E-state index < -0.39 is 0 Å². The third kappa shape index (κ3) is 4.81. The highest BCUT2D eigenvalue weighted by atomic mass is 32.2. The fourth-order valence-electron chi connectivity index (χ4n) is 3.34. The van der Waals surface area contributed by atoms with Crippen molar-refractivity contribution in [2.75, 3.05) is 16.0 Å². The number of benzene rings is 2. The van der Waals surface area contributed by atoms with Crippen LogP contribution >= 0.6 is 11.8 Å². The number of nitrogens with zero attached hydrogens (tertiary/aromatic N) is 4.